The summed E-state index contributed by atoms with van der Waals surface area (Å²) in [5, 5.41) is 11.5. The van der Waals surface area contributed by atoms with Crippen LogP contribution in [-0.4, -0.2) is 71.1 Å². The van der Waals surface area contributed by atoms with Gasteiger partial charge < -0.3 is 47.4 Å². The third kappa shape index (κ3) is 10.6. The third-order valence-electron chi connectivity index (χ3n) is 14.8. The van der Waals surface area contributed by atoms with Gasteiger partial charge in [0.25, 0.3) is 0 Å². The van der Waals surface area contributed by atoms with Crippen molar-refractivity contribution in [3.63, 3.8) is 0 Å². The Morgan fingerprint density at radius 2 is 0.244 bits per heavy atom. The highest BCUT2D eigenvalue weighted by atomic mass is 16.5. The van der Waals surface area contributed by atoms with Crippen LogP contribution in [-0.2, 0) is 0 Å². The molecule has 90 heavy (non-hydrogen) atoms. The van der Waals surface area contributed by atoms with Crippen LogP contribution in [0, 0.1) is 0 Å². The van der Waals surface area contributed by atoms with Gasteiger partial charge in [-0.25, -0.2) is 0 Å². The highest BCUT2D eigenvalue weighted by Crippen LogP contribution is 2.31. The van der Waals surface area contributed by atoms with Gasteiger partial charge >= 0.3 is 0 Å². The first kappa shape index (κ1) is 58.9. The molecule has 0 spiro atoms. The first-order valence-electron chi connectivity index (χ1n) is 27.8. The van der Waals surface area contributed by atoms with E-state index in [1.54, 1.807) is 71.1 Å². The fourth-order valence-electron chi connectivity index (χ4n) is 11.1. The first-order valence-corrected chi connectivity index (χ1v) is 27.8. The zero-order valence-electron chi connectivity index (χ0n) is 50.6. The Hall–Kier alpha value is -12.9. The Morgan fingerprint density at radius 3 is 0.322 bits per heavy atom. The summed E-state index contributed by atoms with van der Waals surface area (Å²) in [7, 11) is 15.8. The average Bonchev–Trinajstić information content (AvgIpc) is 0.867. The minimum atomic E-state index is 0.407. The van der Waals surface area contributed by atoms with Crippen molar-refractivity contribution in [2.75, 3.05) is 71.1 Å². The lowest BCUT2D eigenvalue weighted by Gasteiger charge is -2.10. The lowest BCUT2D eigenvalue weighted by atomic mass is 10.0. The molecule has 11 rings (SSSR count). The smallest absolute Gasteiger partial charge is 0.143 e. The van der Waals surface area contributed by atoms with Crippen molar-refractivity contribution in [1.82, 2.24) is 0 Å². The van der Waals surface area contributed by atoms with Crippen molar-refractivity contribution in [1.29, 1.82) is 0 Å². The maximum absolute atomic E-state index is 6.14. The van der Waals surface area contributed by atoms with E-state index in [1.807, 2.05) is 121 Å². The monoisotopic (exact) mass is 1170 g/mol. The molecule has 0 aliphatic heterocycles. The molecule has 10 aromatic rings. The number of fused-ring (bicyclic) bond motifs is 10. The van der Waals surface area contributed by atoms with Gasteiger partial charge in [-0.1, -0.05) is 121 Å². The van der Waals surface area contributed by atoms with Crippen LogP contribution in [0.15, 0.2) is 179 Å². The molecule has 0 bridgehead atoms. The predicted molar refractivity (Wildman–Crippen MR) is 351 cm³/mol. The van der Waals surface area contributed by atoms with Crippen LogP contribution in [0.1, 0.15) is 0 Å². The normalized spacial score (nSPS) is 10.8. The number of ether oxygens (including phenoxy) is 10. The molecule has 10 aromatic carbocycles. The maximum atomic E-state index is 6.14. The summed E-state index contributed by atoms with van der Waals surface area (Å²) >= 11 is 0. The van der Waals surface area contributed by atoms with E-state index < -0.39 is 0 Å². The molecule has 430 valence electrons. The Balaban J connectivity index is 1.56. The van der Waals surface area contributed by atoms with E-state index in [1.165, 1.54) is 0 Å². The van der Waals surface area contributed by atoms with Crippen LogP contribution in [0.25, 0.3) is 111 Å². The van der Waals surface area contributed by atoms with Crippen molar-refractivity contribution in [2.45, 2.75) is 0 Å². The second-order valence-corrected chi connectivity index (χ2v) is 19.3. The number of benzene rings is 10. The lowest BCUT2D eigenvalue weighted by Crippen LogP contribution is -2.27. The van der Waals surface area contributed by atoms with Crippen molar-refractivity contribution in [3.8, 4) is 57.5 Å². The third-order valence-corrected chi connectivity index (χ3v) is 14.8. The summed E-state index contributed by atoms with van der Waals surface area (Å²) in [6.45, 7) is 0. The first-order chi connectivity index (χ1) is 44.3. The van der Waals surface area contributed by atoms with Gasteiger partial charge in [-0.2, -0.15) is 0 Å². The quantitative estimate of drug-likeness (QED) is 0.129. The molecule has 0 unspecified atom stereocenters. The molecule has 0 N–H and O–H groups in total. The molecule has 0 amide bonds. The van der Waals surface area contributed by atoms with E-state index in [0.717, 1.165) is 53.9 Å². The standard InChI is InChI=1S/C80H50O10/c1-81-71-51-31-11-12-32-52(51)72(82-2)62-42-23-24-44-64-66(76(86-6)56-36-16-15-35-55(56)74(64)84-4)46-27-28-48-68-70(80(90-10)60-40-20-19-39-59(60)78(68)88-8)50-30-29-49-69-67(77(87-7)57-37-17-18-38-58(57)79(69)89-9)47-26-25-45-65-63(43-22-21-41-61(62)71)73(83-3)53-33-13-14-34-54(53)75(65)85-5/h11-20,31-40H,1-10H3. The van der Waals surface area contributed by atoms with Gasteiger partial charge in [-0.05, 0) is 115 Å². The molecule has 0 fully saturated rings. The summed E-state index contributed by atoms with van der Waals surface area (Å²) in [6.07, 6.45) is 0. The summed E-state index contributed by atoms with van der Waals surface area (Å²) in [6, 6.07) is 38.3. The molecular formula is C80H50O10. The fourth-order valence-corrected chi connectivity index (χ4v) is 11.1. The average molecular weight is 1170 g/mol. The second-order valence-electron chi connectivity index (χ2n) is 19.3. The van der Waals surface area contributed by atoms with Gasteiger partial charge in [0, 0.05) is 53.9 Å². The van der Waals surface area contributed by atoms with E-state index in [-0.39, 0.29) is 0 Å². The Kier molecular flexibility index (Phi) is 17.4. The second kappa shape index (κ2) is 26.6. The molecule has 0 atom stereocenters. The number of methoxy groups -OCH3 is 10. The van der Waals surface area contributed by atoms with Gasteiger partial charge in [0.05, 0.1) is 123 Å². The zero-order valence-corrected chi connectivity index (χ0v) is 50.6. The highest BCUT2D eigenvalue weighted by Gasteiger charge is 2.17. The Bertz CT molecular complexity index is 4930. The Morgan fingerprint density at radius 1 is 0.156 bits per heavy atom. The van der Waals surface area contributed by atoms with Crippen LogP contribution < -0.4 is 99.6 Å². The highest BCUT2D eigenvalue weighted by molar-refractivity contribution is 5.98. The summed E-state index contributed by atoms with van der Waals surface area (Å²) < 4.78 is 61.4. The number of rotatable bonds is 10. The van der Waals surface area contributed by atoms with Crippen molar-refractivity contribution < 1.29 is 47.4 Å². The van der Waals surface area contributed by atoms with Crippen LogP contribution in [0.2, 0.25) is 0 Å². The molecular weight excluding hydrogens is 1120 g/mol. The minimum absolute atomic E-state index is 0.407. The summed E-state index contributed by atoms with van der Waals surface area (Å²) in [5.74, 6) is 4.51. The summed E-state index contributed by atoms with van der Waals surface area (Å²) in [4.78, 5) is 0. The van der Waals surface area contributed by atoms with E-state index >= 15 is 0 Å². The van der Waals surface area contributed by atoms with Crippen LogP contribution >= 0.6 is 0 Å². The fraction of sp³-hybridized carbons (Fsp3) is 0.125. The van der Waals surface area contributed by atoms with Crippen LogP contribution in [0.4, 0.5) is 0 Å². The van der Waals surface area contributed by atoms with E-state index in [4.69, 9.17) is 47.4 Å². The molecule has 0 aromatic heterocycles. The minimum Gasteiger partial charge on any atom is -0.495 e. The molecule has 0 heterocycles. The number of hydrogen-bond acceptors (Lipinski definition) is 10. The zero-order chi connectivity index (χ0) is 62.7. The van der Waals surface area contributed by atoms with Crippen molar-refractivity contribution in [2.24, 2.45) is 0 Å². The molecule has 0 saturated carbocycles. The predicted octanol–water partition coefficient (Wildman–Crippen LogP) is 7.48. The van der Waals surface area contributed by atoms with E-state index in [2.05, 4.69) is 115 Å². The Labute approximate surface area is 515 Å². The van der Waals surface area contributed by atoms with Crippen molar-refractivity contribution in [3.05, 3.63) is 231 Å². The van der Waals surface area contributed by atoms with Gasteiger partial charge in [-0.15, -0.1) is 0 Å². The topological polar surface area (TPSA) is 92.3 Å². The van der Waals surface area contributed by atoms with Gasteiger partial charge in [0.1, 0.15) is 57.5 Å². The van der Waals surface area contributed by atoms with Crippen LogP contribution in [0.5, 0.6) is 57.5 Å². The largest absolute Gasteiger partial charge is 0.495 e. The summed E-state index contributed by atoms with van der Waals surface area (Å²) in [5.41, 5.74) is 63.5. The molecule has 0 radical (unpaired) electrons. The van der Waals surface area contributed by atoms with E-state index in [9.17, 15) is 0 Å². The van der Waals surface area contributed by atoms with Crippen LogP contribution in [0.3, 0.4) is 0 Å². The lowest BCUT2D eigenvalue weighted by molar-refractivity contribution is 0.405. The van der Waals surface area contributed by atoms with E-state index in [0.29, 0.717) is 110 Å². The van der Waals surface area contributed by atoms with Gasteiger partial charge in [0.15, 0.2) is 0 Å². The van der Waals surface area contributed by atoms with Gasteiger partial charge in [-0.3, -0.25) is 0 Å². The number of hydrogen-bond donors (Lipinski definition) is 0. The SMILES string of the molecule is COc1c2c(c(OC)c3ccccc13)=C=C=C=C=c1c(OC)c3ccccc3c(OC)c1=C=C=C=C=c1c(OC)c3ccccc3c(OC)c1=C=C=C=C=c1c(OC)c3ccccc3c(OC)c1=C=C=C=C=c1c(OC)c3ccccc3c(OC)c1=C=C=C=C=2. The maximum Gasteiger partial charge on any atom is 0.143 e. The van der Waals surface area contributed by atoms with Crippen molar-refractivity contribution >= 4 is 111 Å². The molecule has 0 saturated heterocycles. The molecule has 1 aliphatic carbocycles. The molecule has 10 heteroatoms. The molecule has 1 aliphatic rings. The van der Waals surface area contributed by atoms with Gasteiger partial charge in [0.2, 0.25) is 0 Å². The molecule has 10 nitrogen and oxygen atoms in total.